The molecule has 174 valence electrons. The Hall–Kier alpha value is -3.31. The van der Waals surface area contributed by atoms with E-state index in [9.17, 15) is 19.3 Å². The van der Waals surface area contributed by atoms with E-state index in [1.165, 1.54) is 15.4 Å². The fraction of sp³-hybridized carbons (Fsp3) is 0.381. The molecule has 1 fully saturated rings. The predicted octanol–water partition coefficient (Wildman–Crippen LogP) is 2.86. The summed E-state index contributed by atoms with van der Waals surface area (Å²) in [6.45, 7) is 5.91. The number of hydrogen-bond acceptors (Lipinski definition) is 6. The number of aromatic nitrogens is 4. The highest BCUT2D eigenvalue weighted by atomic mass is 35.5. The lowest BCUT2D eigenvalue weighted by Gasteiger charge is -2.34. The van der Waals surface area contributed by atoms with Gasteiger partial charge < -0.3 is 4.90 Å². The predicted molar refractivity (Wildman–Crippen MR) is 119 cm³/mol. The van der Waals surface area contributed by atoms with Gasteiger partial charge in [-0.1, -0.05) is 17.7 Å². The Morgan fingerprint density at radius 3 is 2.55 bits per heavy atom. The molecule has 4 rings (SSSR count). The van der Waals surface area contributed by atoms with Crippen molar-refractivity contribution >= 4 is 23.2 Å². The number of carbonyl (C=O) groups is 1. The molecule has 33 heavy (non-hydrogen) atoms. The van der Waals surface area contributed by atoms with E-state index in [-0.39, 0.29) is 29.8 Å². The molecule has 10 nitrogen and oxygen atoms in total. The van der Waals surface area contributed by atoms with Crippen LogP contribution < -0.4 is 0 Å². The van der Waals surface area contributed by atoms with Gasteiger partial charge in [0.2, 0.25) is 0 Å². The maximum Gasteiger partial charge on any atom is 0.312 e. The molecule has 1 saturated heterocycles. The van der Waals surface area contributed by atoms with Gasteiger partial charge in [-0.2, -0.15) is 10.2 Å². The standard InChI is InChI=1S/C21H23ClFN7O3/c1-14-20(30(32)33)15(2)29(24-14)13-28-7-6-19(25-28)21(31)27-10-8-26(9-11-27)12-16-17(22)4-3-5-18(16)23/h3-7H,8-13H2,1-2H3. The minimum absolute atomic E-state index is 0.0204. The summed E-state index contributed by atoms with van der Waals surface area (Å²) in [4.78, 5) is 27.4. The van der Waals surface area contributed by atoms with Gasteiger partial charge in [0.05, 0.1) is 4.92 Å². The molecule has 0 aliphatic carbocycles. The van der Waals surface area contributed by atoms with E-state index in [1.807, 2.05) is 0 Å². The summed E-state index contributed by atoms with van der Waals surface area (Å²) < 4.78 is 17.1. The van der Waals surface area contributed by atoms with Crippen molar-refractivity contribution in [3.63, 3.8) is 0 Å². The largest absolute Gasteiger partial charge is 0.335 e. The molecule has 0 atom stereocenters. The molecule has 1 aliphatic heterocycles. The molecule has 12 heteroatoms. The molecular formula is C21H23ClFN7O3. The molecule has 0 unspecified atom stereocenters. The van der Waals surface area contributed by atoms with Crippen LogP contribution in [0.3, 0.4) is 0 Å². The monoisotopic (exact) mass is 475 g/mol. The van der Waals surface area contributed by atoms with Crippen LogP contribution in [0.1, 0.15) is 27.4 Å². The SMILES string of the molecule is Cc1nn(Cn2ccc(C(=O)N3CCN(Cc4c(F)cccc4Cl)CC3)n2)c(C)c1[N+](=O)[O-]. The molecule has 0 N–H and O–H groups in total. The van der Waals surface area contributed by atoms with Crippen molar-refractivity contribution in [1.82, 2.24) is 29.4 Å². The minimum atomic E-state index is -0.452. The van der Waals surface area contributed by atoms with Crippen molar-refractivity contribution in [1.29, 1.82) is 0 Å². The highest BCUT2D eigenvalue weighted by molar-refractivity contribution is 6.31. The first-order valence-electron chi connectivity index (χ1n) is 10.4. The highest BCUT2D eigenvalue weighted by Crippen LogP contribution is 2.23. The first kappa shape index (κ1) is 22.9. The number of halogens is 2. The van der Waals surface area contributed by atoms with Gasteiger partial charge in [0.1, 0.15) is 29.6 Å². The molecule has 2 aromatic heterocycles. The molecule has 1 aromatic carbocycles. The highest BCUT2D eigenvalue weighted by Gasteiger charge is 2.25. The first-order chi connectivity index (χ1) is 15.7. The molecule has 0 radical (unpaired) electrons. The number of carbonyl (C=O) groups excluding carboxylic acids is 1. The Balaban J connectivity index is 1.37. The lowest BCUT2D eigenvalue weighted by Crippen LogP contribution is -2.48. The number of amides is 1. The normalized spacial score (nSPS) is 14.6. The molecule has 0 saturated carbocycles. The maximum absolute atomic E-state index is 14.1. The fourth-order valence-electron chi connectivity index (χ4n) is 3.96. The number of rotatable bonds is 6. The van der Waals surface area contributed by atoms with E-state index in [1.54, 1.807) is 43.1 Å². The van der Waals surface area contributed by atoms with Crippen molar-refractivity contribution < 1.29 is 14.1 Å². The maximum atomic E-state index is 14.1. The van der Waals surface area contributed by atoms with Crippen LogP contribution in [-0.2, 0) is 13.2 Å². The average Bonchev–Trinajstić information content (AvgIpc) is 3.35. The zero-order valence-electron chi connectivity index (χ0n) is 18.2. The van der Waals surface area contributed by atoms with Crippen molar-refractivity contribution in [2.75, 3.05) is 26.2 Å². The average molecular weight is 476 g/mol. The summed E-state index contributed by atoms with van der Waals surface area (Å²) in [7, 11) is 0. The summed E-state index contributed by atoms with van der Waals surface area (Å²) in [5.74, 6) is -0.531. The van der Waals surface area contributed by atoms with Crippen LogP contribution in [-0.4, -0.2) is 66.4 Å². The third kappa shape index (κ3) is 4.74. The number of benzene rings is 1. The van der Waals surface area contributed by atoms with E-state index >= 15 is 0 Å². The lowest BCUT2D eigenvalue weighted by atomic mass is 10.1. The third-order valence-electron chi connectivity index (χ3n) is 5.77. The van der Waals surface area contributed by atoms with Crippen molar-refractivity contribution in [3.05, 3.63) is 74.1 Å². The molecule has 3 aromatic rings. The molecule has 1 amide bonds. The Kier molecular flexibility index (Phi) is 6.43. The summed E-state index contributed by atoms with van der Waals surface area (Å²) in [5.41, 5.74) is 1.48. The van der Waals surface area contributed by atoms with Gasteiger partial charge in [0.25, 0.3) is 5.91 Å². The first-order valence-corrected chi connectivity index (χ1v) is 10.8. The van der Waals surface area contributed by atoms with Crippen molar-refractivity contribution in [2.45, 2.75) is 27.1 Å². The smallest absolute Gasteiger partial charge is 0.312 e. The molecule has 0 spiro atoms. The van der Waals surface area contributed by atoms with E-state index in [0.717, 1.165) is 0 Å². The Morgan fingerprint density at radius 2 is 1.91 bits per heavy atom. The topological polar surface area (TPSA) is 102 Å². The van der Waals surface area contributed by atoms with Gasteiger partial charge >= 0.3 is 5.69 Å². The van der Waals surface area contributed by atoms with Crippen LogP contribution >= 0.6 is 11.6 Å². The molecular weight excluding hydrogens is 453 g/mol. The van der Waals surface area contributed by atoms with Crippen LogP contribution in [0, 0.1) is 29.8 Å². The van der Waals surface area contributed by atoms with Gasteiger partial charge in [-0.15, -0.1) is 0 Å². The van der Waals surface area contributed by atoms with E-state index in [4.69, 9.17) is 11.6 Å². The molecule has 1 aliphatic rings. The van der Waals surface area contributed by atoms with Crippen molar-refractivity contribution in [3.8, 4) is 0 Å². The van der Waals surface area contributed by atoms with Crippen LogP contribution in [0.2, 0.25) is 5.02 Å². The second-order valence-corrected chi connectivity index (χ2v) is 8.33. The molecule has 0 bridgehead atoms. The van der Waals surface area contributed by atoms with Crippen LogP contribution in [0.4, 0.5) is 10.1 Å². The molecule has 3 heterocycles. The van der Waals surface area contributed by atoms with E-state index < -0.39 is 4.92 Å². The third-order valence-corrected chi connectivity index (χ3v) is 6.12. The number of hydrogen-bond donors (Lipinski definition) is 0. The number of piperazine rings is 1. The van der Waals surface area contributed by atoms with Gasteiger partial charge in [-0.05, 0) is 32.0 Å². The number of nitro groups is 1. The summed E-state index contributed by atoms with van der Waals surface area (Å²) in [5, 5.41) is 20.1. The fourth-order valence-corrected chi connectivity index (χ4v) is 4.18. The summed E-state index contributed by atoms with van der Waals surface area (Å²) in [6.07, 6.45) is 1.64. The van der Waals surface area contributed by atoms with Crippen LogP contribution in [0.25, 0.3) is 0 Å². The van der Waals surface area contributed by atoms with Gasteiger partial charge in [-0.25, -0.2) is 9.07 Å². The number of aryl methyl sites for hydroxylation is 1. The van der Waals surface area contributed by atoms with Gasteiger partial charge in [0, 0.05) is 49.5 Å². The van der Waals surface area contributed by atoms with Gasteiger partial charge in [-0.3, -0.25) is 24.5 Å². The zero-order chi connectivity index (χ0) is 23.7. The minimum Gasteiger partial charge on any atom is -0.335 e. The van der Waals surface area contributed by atoms with Crippen LogP contribution in [0.5, 0.6) is 0 Å². The van der Waals surface area contributed by atoms with Crippen LogP contribution in [0.15, 0.2) is 30.5 Å². The zero-order valence-corrected chi connectivity index (χ0v) is 19.0. The Labute approximate surface area is 194 Å². The second kappa shape index (κ2) is 9.28. The Morgan fingerprint density at radius 1 is 1.18 bits per heavy atom. The van der Waals surface area contributed by atoms with E-state index in [2.05, 4.69) is 15.1 Å². The van der Waals surface area contributed by atoms with Gasteiger partial charge in [0.15, 0.2) is 0 Å². The quantitative estimate of drug-likeness (QED) is 0.401. The summed E-state index contributed by atoms with van der Waals surface area (Å²) in [6, 6.07) is 6.25. The van der Waals surface area contributed by atoms with E-state index in [0.29, 0.717) is 54.7 Å². The number of nitrogens with zero attached hydrogens (tertiary/aromatic N) is 7. The summed E-state index contributed by atoms with van der Waals surface area (Å²) >= 11 is 6.12. The lowest BCUT2D eigenvalue weighted by molar-refractivity contribution is -0.386. The Bertz CT molecular complexity index is 1180. The second-order valence-electron chi connectivity index (χ2n) is 7.93. The van der Waals surface area contributed by atoms with Crippen molar-refractivity contribution in [2.24, 2.45) is 0 Å².